The molecule has 0 radical (unpaired) electrons. The van der Waals surface area contributed by atoms with Gasteiger partial charge < -0.3 is 15.3 Å². The first-order chi connectivity index (χ1) is 10.2. The summed E-state index contributed by atoms with van der Waals surface area (Å²) in [6.45, 7) is 1.91. The molecule has 7 heteroatoms. The predicted molar refractivity (Wildman–Crippen MR) is 73.9 cm³/mol. The molecule has 0 aromatic heterocycles. The highest BCUT2D eigenvalue weighted by Crippen LogP contribution is 2.50. The smallest absolute Gasteiger partial charge is 0.372 e. The van der Waals surface area contributed by atoms with E-state index in [9.17, 15) is 23.1 Å². The molecule has 3 rings (SSSR count). The van der Waals surface area contributed by atoms with Crippen LogP contribution in [0.25, 0.3) is 0 Å². The largest absolute Gasteiger partial charge is 0.426 e. The summed E-state index contributed by atoms with van der Waals surface area (Å²) in [4.78, 5) is 13.5. The Morgan fingerprint density at radius 2 is 2.05 bits per heavy atom. The van der Waals surface area contributed by atoms with Gasteiger partial charge in [0.25, 0.3) is 5.91 Å². The number of hydrogen-bond acceptors (Lipinski definition) is 3. The third-order valence-corrected chi connectivity index (χ3v) is 4.51. The summed E-state index contributed by atoms with van der Waals surface area (Å²) in [5, 5.41) is 13.1. The Balaban J connectivity index is 2.08. The Kier molecular flexibility index (Phi) is 3.18. The van der Waals surface area contributed by atoms with E-state index >= 15 is 0 Å². The lowest BCUT2D eigenvalue weighted by atomic mass is 9.90. The Bertz CT molecular complexity index is 619. The number of benzene rings is 1. The average molecular weight is 314 g/mol. The van der Waals surface area contributed by atoms with Gasteiger partial charge >= 0.3 is 6.18 Å². The summed E-state index contributed by atoms with van der Waals surface area (Å²) >= 11 is 0. The lowest BCUT2D eigenvalue weighted by molar-refractivity contribution is -0.249. The Morgan fingerprint density at radius 3 is 2.68 bits per heavy atom. The second-order valence-corrected chi connectivity index (χ2v) is 5.99. The Hall–Kier alpha value is -1.76. The molecular formula is C15H17F3N2O2. The maximum Gasteiger partial charge on any atom is 0.426 e. The van der Waals surface area contributed by atoms with Crippen molar-refractivity contribution in [2.45, 2.75) is 50.2 Å². The quantitative estimate of drug-likeness (QED) is 0.882. The number of para-hydroxylation sites is 1. The van der Waals surface area contributed by atoms with E-state index in [4.69, 9.17) is 0 Å². The van der Waals surface area contributed by atoms with Crippen molar-refractivity contribution in [3.8, 4) is 0 Å². The number of halogens is 3. The molecule has 1 fully saturated rings. The molecule has 2 aliphatic rings. The first-order valence-corrected chi connectivity index (χ1v) is 7.21. The first-order valence-electron chi connectivity index (χ1n) is 7.21. The molecule has 4 nitrogen and oxygen atoms in total. The van der Waals surface area contributed by atoms with Crippen LogP contribution in [0, 0.1) is 0 Å². The van der Waals surface area contributed by atoms with Gasteiger partial charge in [0.15, 0.2) is 0 Å². The predicted octanol–water partition coefficient (Wildman–Crippen LogP) is 2.63. The van der Waals surface area contributed by atoms with E-state index in [0.717, 1.165) is 10.5 Å². The molecule has 2 heterocycles. The molecule has 1 aromatic carbocycles. The van der Waals surface area contributed by atoms with Gasteiger partial charge in [-0.2, -0.15) is 13.2 Å². The van der Waals surface area contributed by atoms with E-state index < -0.39 is 29.8 Å². The zero-order chi connectivity index (χ0) is 16.2. The molecule has 0 bridgehead atoms. The second-order valence-electron chi connectivity index (χ2n) is 5.99. The number of nitrogens with one attached hydrogen (secondary N) is 1. The lowest BCUT2D eigenvalue weighted by Crippen LogP contribution is -2.54. The SMILES string of the molecule is CCC[C@]12C[C@](O)(C(F)(F)F)C(=O)N1Cc1ccccc1N2. The van der Waals surface area contributed by atoms with Gasteiger partial charge in [-0.15, -0.1) is 0 Å². The van der Waals surface area contributed by atoms with Gasteiger partial charge in [-0.1, -0.05) is 31.5 Å². The maximum atomic E-state index is 13.2. The monoisotopic (exact) mass is 314 g/mol. The molecule has 1 amide bonds. The van der Waals surface area contributed by atoms with Crippen molar-refractivity contribution < 1.29 is 23.1 Å². The lowest BCUT2D eigenvalue weighted by Gasteiger charge is -2.44. The highest BCUT2D eigenvalue weighted by atomic mass is 19.4. The number of aliphatic hydroxyl groups is 1. The molecule has 22 heavy (non-hydrogen) atoms. The summed E-state index contributed by atoms with van der Waals surface area (Å²) in [5.74, 6) is -1.27. The van der Waals surface area contributed by atoms with Crippen LogP contribution in [-0.2, 0) is 11.3 Å². The third-order valence-electron chi connectivity index (χ3n) is 4.51. The molecule has 2 N–H and O–H groups in total. The molecular weight excluding hydrogens is 297 g/mol. The number of anilines is 1. The second kappa shape index (κ2) is 4.62. The van der Waals surface area contributed by atoms with Crippen molar-refractivity contribution in [2.24, 2.45) is 0 Å². The number of nitrogens with zero attached hydrogens (tertiary/aromatic N) is 1. The number of amides is 1. The molecule has 0 aliphatic carbocycles. The van der Waals surface area contributed by atoms with E-state index in [0.29, 0.717) is 18.5 Å². The third kappa shape index (κ3) is 1.91. The Labute approximate surface area is 125 Å². The van der Waals surface area contributed by atoms with Crippen LogP contribution in [-0.4, -0.2) is 33.4 Å². The van der Waals surface area contributed by atoms with Gasteiger partial charge in [-0.25, -0.2) is 0 Å². The highest BCUT2D eigenvalue weighted by Gasteiger charge is 2.71. The molecule has 120 valence electrons. The molecule has 0 unspecified atom stereocenters. The fourth-order valence-corrected chi connectivity index (χ4v) is 3.47. The number of hydrogen-bond donors (Lipinski definition) is 2. The minimum atomic E-state index is -4.99. The normalized spacial score (nSPS) is 30.8. The van der Waals surface area contributed by atoms with E-state index in [2.05, 4.69) is 5.32 Å². The topological polar surface area (TPSA) is 52.6 Å². The van der Waals surface area contributed by atoms with Gasteiger partial charge in [-0.05, 0) is 18.1 Å². The fourth-order valence-electron chi connectivity index (χ4n) is 3.47. The molecule has 2 atom stereocenters. The van der Waals surface area contributed by atoms with Crippen LogP contribution in [0.2, 0.25) is 0 Å². The summed E-state index contributed by atoms with van der Waals surface area (Å²) in [6, 6.07) is 7.09. The standard InChI is InChI=1S/C15H17F3N2O2/c1-2-7-13-9-14(22,15(16,17)18)12(21)20(13)8-10-5-3-4-6-11(10)19-13/h3-6,19,22H,2,7-9H2,1H3/t13-,14-/m1/s1. The van der Waals surface area contributed by atoms with E-state index in [1.54, 1.807) is 24.3 Å². The van der Waals surface area contributed by atoms with Crippen LogP contribution in [0.1, 0.15) is 31.7 Å². The van der Waals surface area contributed by atoms with Crippen LogP contribution in [0.4, 0.5) is 18.9 Å². The number of fused-ring (bicyclic) bond motifs is 2. The molecule has 0 saturated carbocycles. The highest BCUT2D eigenvalue weighted by molar-refractivity contribution is 5.91. The van der Waals surface area contributed by atoms with Gasteiger partial charge in [0.2, 0.25) is 5.60 Å². The van der Waals surface area contributed by atoms with Crippen LogP contribution >= 0.6 is 0 Å². The van der Waals surface area contributed by atoms with Gasteiger partial charge in [0, 0.05) is 12.1 Å². The summed E-state index contributed by atoms with van der Waals surface area (Å²) in [5.41, 5.74) is -3.05. The Morgan fingerprint density at radius 1 is 1.36 bits per heavy atom. The average Bonchev–Trinajstić information content (AvgIpc) is 2.66. The molecule has 1 saturated heterocycles. The van der Waals surface area contributed by atoms with Crippen molar-refractivity contribution in [2.75, 3.05) is 5.32 Å². The molecule has 2 aliphatic heterocycles. The van der Waals surface area contributed by atoms with Crippen molar-refractivity contribution in [3.63, 3.8) is 0 Å². The van der Waals surface area contributed by atoms with Gasteiger partial charge in [-0.3, -0.25) is 4.79 Å². The number of carbonyl (C=O) groups is 1. The van der Waals surface area contributed by atoms with Crippen LogP contribution in [0.5, 0.6) is 0 Å². The summed E-state index contributed by atoms with van der Waals surface area (Å²) in [7, 11) is 0. The zero-order valence-corrected chi connectivity index (χ0v) is 12.1. The van der Waals surface area contributed by atoms with E-state index in [-0.39, 0.29) is 6.54 Å². The summed E-state index contributed by atoms with van der Waals surface area (Å²) in [6.07, 6.45) is -4.75. The van der Waals surface area contributed by atoms with Crippen LogP contribution < -0.4 is 5.32 Å². The van der Waals surface area contributed by atoms with Crippen LogP contribution in [0.3, 0.4) is 0 Å². The van der Waals surface area contributed by atoms with Crippen molar-refractivity contribution in [1.29, 1.82) is 0 Å². The zero-order valence-electron chi connectivity index (χ0n) is 12.1. The number of alkyl halides is 3. The van der Waals surface area contributed by atoms with Crippen molar-refractivity contribution in [1.82, 2.24) is 4.90 Å². The van der Waals surface area contributed by atoms with Crippen molar-refractivity contribution in [3.05, 3.63) is 29.8 Å². The summed E-state index contributed by atoms with van der Waals surface area (Å²) < 4.78 is 39.7. The number of rotatable bonds is 2. The van der Waals surface area contributed by atoms with E-state index in [1.165, 1.54) is 0 Å². The minimum Gasteiger partial charge on any atom is -0.372 e. The fraction of sp³-hybridized carbons (Fsp3) is 0.533. The van der Waals surface area contributed by atoms with Crippen molar-refractivity contribution >= 4 is 11.6 Å². The molecule has 1 aromatic rings. The van der Waals surface area contributed by atoms with E-state index in [1.807, 2.05) is 6.92 Å². The number of carbonyl (C=O) groups excluding carboxylic acids is 1. The van der Waals surface area contributed by atoms with Gasteiger partial charge in [0.1, 0.15) is 5.66 Å². The van der Waals surface area contributed by atoms with Crippen LogP contribution in [0.15, 0.2) is 24.3 Å². The minimum absolute atomic E-state index is 0.0698. The van der Waals surface area contributed by atoms with Gasteiger partial charge in [0.05, 0.1) is 6.54 Å². The molecule has 0 spiro atoms. The maximum absolute atomic E-state index is 13.2. The first kappa shape index (κ1) is 15.1.